The molecule has 5 rings (SSSR count). The zero-order valence-corrected chi connectivity index (χ0v) is 23.9. The second-order valence-corrected chi connectivity index (χ2v) is 13.0. The first kappa shape index (κ1) is 28.6. The van der Waals surface area contributed by atoms with E-state index in [0.29, 0.717) is 31.1 Å². The molecule has 0 aliphatic carbocycles. The minimum absolute atomic E-state index is 0.0704. The summed E-state index contributed by atoms with van der Waals surface area (Å²) in [6.45, 7) is 1.83. The standard InChI is InChI=1S/C32H37N5O3S/c33-13-9-22-11-15-37(16-12-22)32(38)28(18-23-3-1-5-27(17-23)31(34)35)21-41(39,40)29-6-2-4-24(20-29)25-7-8-30-26(19-25)10-14-36-30/h1-8,10,14,17,19-20,22,28,36H,9,11-13,15-16,18,21,33H2,(H3,34,35). The van der Waals surface area contributed by atoms with Gasteiger partial charge >= 0.3 is 0 Å². The summed E-state index contributed by atoms with van der Waals surface area (Å²) in [6, 6.07) is 22.0. The molecule has 1 fully saturated rings. The van der Waals surface area contributed by atoms with Crippen molar-refractivity contribution in [3.05, 3.63) is 90.1 Å². The molecule has 214 valence electrons. The van der Waals surface area contributed by atoms with Crippen LogP contribution < -0.4 is 11.5 Å². The Kier molecular flexibility index (Phi) is 8.56. The van der Waals surface area contributed by atoms with E-state index in [1.807, 2.05) is 47.5 Å². The zero-order valence-electron chi connectivity index (χ0n) is 23.1. The molecule has 4 aromatic rings. The van der Waals surface area contributed by atoms with E-state index < -0.39 is 15.8 Å². The fourth-order valence-corrected chi connectivity index (χ4v) is 7.34. The van der Waals surface area contributed by atoms with Crippen LogP contribution in [-0.2, 0) is 21.1 Å². The third-order valence-electron chi connectivity index (χ3n) is 8.07. The molecular weight excluding hydrogens is 534 g/mol. The van der Waals surface area contributed by atoms with Crippen molar-refractivity contribution in [3.8, 4) is 11.1 Å². The van der Waals surface area contributed by atoms with Gasteiger partial charge in [0.25, 0.3) is 0 Å². The molecule has 0 saturated carbocycles. The van der Waals surface area contributed by atoms with Gasteiger partial charge in [-0.2, -0.15) is 0 Å². The first-order valence-corrected chi connectivity index (χ1v) is 15.7. The summed E-state index contributed by atoms with van der Waals surface area (Å²) >= 11 is 0. The molecule has 1 atom stereocenters. The second kappa shape index (κ2) is 12.3. The van der Waals surface area contributed by atoms with E-state index in [0.717, 1.165) is 46.9 Å². The predicted molar refractivity (Wildman–Crippen MR) is 163 cm³/mol. The van der Waals surface area contributed by atoms with E-state index in [-0.39, 0.29) is 28.8 Å². The Hall–Kier alpha value is -3.95. The maximum Gasteiger partial charge on any atom is 0.227 e. The molecule has 1 aromatic heterocycles. The molecule has 0 radical (unpaired) electrons. The number of sulfone groups is 1. The smallest absolute Gasteiger partial charge is 0.227 e. The van der Waals surface area contributed by atoms with Crippen molar-refractivity contribution in [2.24, 2.45) is 23.3 Å². The Bertz CT molecular complexity index is 1650. The van der Waals surface area contributed by atoms with Crippen molar-refractivity contribution >= 4 is 32.5 Å². The van der Waals surface area contributed by atoms with Gasteiger partial charge in [-0.15, -0.1) is 0 Å². The number of nitrogens with one attached hydrogen (secondary N) is 2. The van der Waals surface area contributed by atoms with E-state index in [1.54, 1.807) is 36.4 Å². The number of amidine groups is 1. The zero-order chi connectivity index (χ0) is 29.0. The minimum Gasteiger partial charge on any atom is -0.384 e. The number of fused-ring (bicyclic) bond motifs is 1. The lowest BCUT2D eigenvalue weighted by atomic mass is 9.92. The van der Waals surface area contributed by atoms with Crippen molar-refractivity contribution in [1.82, 2.24) is 9.88 Å². The van der Waals surface area contributed by atoms with Gasteiger partial charge in [0, 0.05) is 30.4 Å². The molecule has 41 heavy (non-hydrogen) atoms. The highest BCUT2D eigenvalue weighted by Gasteiger charge is 2.32. The molecule has 1 unspecified atom stereocenters. The third-order valence-corrected chi connectivity index (χ3v) is 9.88. The van der Waals surface area contributed by atoms with Gasteiger partial charge < -0.3 is 21.4 Å². The lowest BCUT2D eigenvalue weighted by Crippen LogP contribution is -2.44. The van der Waals surface area contributed by atoms with E-state index in [2.05, 4.69) is 4.98 Å². The Morgan fingerprint density at radius 2 is 1.76 bits per heavy atom. The molecule has 1 amide bonds. The minimum atomic E-state index is -3.81. The van der Waals surface area contributed by atoms with Crippen LogP contribution in [0.1, 0.15) is 30.4 Å². The summed E-state index contributed by atoms with van der Waals surface area (Å²) in [6.07, 6.45) is 4.79. The number of rotatable bonds is 10. The first-order chi connectivity index (χ1) is 19.7. The lowest BCUT2D eigenvalue weighted by molar-refractivity contribution is -0.136. The molecule has 9 heteroatoms. The summed E-state index contributed by atoms with van der Waals surface area (Å²) in [5.41, 5.74) is 15.5. The quantitative estimate of drug-likeness (QED) is 0.165. The van der Waals surface area contributed by atoms with Crippen molar-refractivity contribution in [2.75, 3.05) is 25.4 Å². The molecule has 2 heterocycles. The first-order valence-electron chi connectivity index (χ1n) is 14.1. The van der Waals surface area contributed by atoms with Crippen LogP contribution in [0.4, 0.5) is 0 Å². The number of likely N-dealkylation sites (tertiary alicyclic amines) is 1. The number of amides is 1. The van der Waals surface area contributed by atoms with Crippen molar-refractivity contribution in [1.29, 1.82) is 5.41 Å². The number of aromatic amines is 1. The summed E-state index contributed by atoms with van der Waals surface area (Å²) < 4.78 is 27.7. The molecule has 0 bridgehead atoms. The maximum atomic E-state index is 13.8. The Labute approximate surface area is 241 Å². The fraction of sp³-hybridized carbons (Fsp3) is 0.312. The van der Waals surface area contributed by atoms with Gasteiger partial charge in [-0.25, -0.2) is 8.42 Å². The van der Waals surface area contributed by atoms with Crippen LogP contribution in [0, 0.1) is 17.2 Å². The van der Waals surface area contributed by atoms with Gasteiger partial charge in [0.2, 0.25) is 5.91 Å². The highest BCUT2D eigenvalue weighted by molar-refractivity contribution is 7.91. The molecule has 1 aliphatic rings. The third kappa shape index (κ3) is 6.69. The number of nitrogens with two attached hydrogens (primary N) is 2. The van der Waals surface area contributed by atoms with E-state index in [4.69, 9.17) is 16.9 Å². The van der Waals surface area contributed by atoms with Crippen molar-refractivity contribution < 1.29 is 13.2 Å². The van der Waals surface area contributed by atoms with Gasteiger partial charge in [-0.3, -0.25) is 10.2 Å². The van der Waals surface area contributed by atoms with Crippen molar-refractivity contribution in [2.45, 2.75) is 30.6 Å². The van der Waals surface area contributed by atoms with Crippen LogP contribution in [0.5, 0.6) is 0 Å². The number of piperidine rings is 1. The average molecular weight is 572 g/mol. The molecule has 8 nitrogen and oxygen atoms in total. The number of hydrogen-bond acceptors (Lipinski definition) is 5. The number of carbonyl (C=O) groups is 1. The number of H-pyrrole nitrogens is 1. The monoisotopic (exact) mass is 571 g/mol. The molecule has 6 N–H and O–H groups in total. The number of nitrogen functional groups attached to an aromatic ring is 1. The summed E-state index contributed by atoms with van der Waals surface area (Å²) in [5, 5.41) is 8.84. The van der Waals surface area contributed by atoms with Crippen LogP contribution in [0.15, 0.2) is 83.9 Å². The van der Waals surface area contributed by atoms with Crippen LogP contribution >= 0.6 is 0 Å². The molecule has 1 saturated heterocycles. The second-order valence-electron chi connectivity index (χ2n) is 11.0. The Morgan fingerprint density at radius 3 is 2.51 bits per heavy atom. The number of aromatic nitrogens is 1. The lowest BCUT2D eigenvalue weighted by Gasteiger charge is -2.34. The highest BCUT2D eigenvalue weighted by atomic mass is 32.2. The number of carbonyl (C=O) groups excluding carboxylic acids is 1. The SMILES string of the molecule is N=C(N)c1cccc(CC(CS(=O)(=O)c2cccc(-c3ccc4[nH]ccc4c3)c2)C(=O)N2CCC(CCN)CC2)c1. The van der Waals surface area contributed by atoms with Gasteiger partial charge in [0.1, 0.15) is 5.84 Å². The van der Waals surface area contributed by atoms with E-state index in [1.165, 1.54) is 0 Å². The Morgan fingerprint density at radius 1 is 1.00 bits per heavy atom. The van der Waals surface area contributed by atoms with Crippen LogP contribution in [0.25, 0.3) is 22.0 Å². The van der Waals surface area contributed by atoms with Crippen LogP contribution in [-0.4, -0.2) is 55.4 Å². The largest absolute Gasteiger partial charge is 0.384 e. The maximum absolute atomic E-state index is 13.8. The van der Waals surface area contributed by atoms with Gasteiger partial charge in [-0.05, 0) is 96.6 Å². The topological polar surface area (TPSA) is 146 Å². The van der Waals surface area contributed by atoms with Gasteiger partial charge in [0.05, 0.1) is 16.6 Å². The fourth-order valence-electron chi connectivity index (χ4n) is 5.77. The molecule has 1 aliphatic heterocycles. The van der Waals surface area contributed by atoms with Gasteiger partial charge in [-0.1, -0.05) is 36.4 Å². The summed E-state index contributed by atoms with van der Waals surface area (Å²) in [4.78, 5) is 19.0. The van der Waals surface area contributed by atoms with Crippen LogP contribution in [0.3, 0.4) is 0 Å². The summed E-state index contributed by atoms with van der Waals surface area (Å²) in [5.74, 6) is -0.806. The summed E-state index contributed by atoms with van der Waals surface area (Å²) in [7, 11) is -3.81. The van der Waals surface area contributed by atoms with E-state index in [9.17, 15) is 13.2 Å². The number of hydrogen-bond donors (Lipinski definition) is 4. The van der Waals surface area contributed by atoms with E-state index >= 15 is 0 Å². The normalized spacial score (nSPS) is 15.2. The Balaban J connectivity index is 1.42. The molecule has 0 spiro atoms. The predicted octanol–water partition coefficient (Wildman–Crippen LogP) is 4.34. The molecular formula is C32H37N5O3S. The molecule has 3 aromatic carbocycles. The number of benzene rings is 3. The average Bonchev–Trinajstić information content (AvgIpc) is 3.45. The van der Waals surface area contributed by atoms with Gasteiger partial charge in [0.15, 0.2) is 9.84 Å². The van der Waals surface area contributed by atoms with Crippen LogP contribution in [0.2, 0.25) is 0 Å². The highest BCUT2D eigenvalue weighted by Crippen LogP contribution is 2.28. The van der Waals surface area contributed by atoms with Crippen molar-refractivity contribution in [3.63, 3.8) is 0 Å². The number of nitrogens with zero attached hydrogens (tertiary/aromatic N) is 1.